The number of hydrogen-bond acceptors (Lipinski definition) is 4. The highest BCUT2D eigenvalue weighted by Gasteiger charge is 2.16. The van der Waals surface area contributed by atoms with Gasteiger partial charge in [0.1, 0.15) is 5.75 Å². The fourth-order valence-corrected chi connectivity index (χ4v) is 2.47. The first-order chi connectivity index (χ1) is 8.70. The molecule has 1 aliphatic rings. The first-order valence-corrected chi connectivity index (χ1v) is 6.55. The average Bonchev–Trinajstić information content (AvgIpc) is 2.89. The number of aliphatic hydroxyl groups excluding tert-OH is 2. The van der Waals surface area contributed by atoms with E-state index in [-0.39, 0.29) is 12.4 Å². The van der Waals surface area contributed by atoms with Crippen molar-refractivity contribution in [3.63, 3.8) is 0 Å². The predicted octanol–water partition coefficient (Wildman–Crippen LogP) is 1.45. The van der Waals surface area contributed by atoms with Gasteiger partial charge >= 0.3 is 0 Å². The van der Waals surface area contributed by atoms with Gasteiger partial charge in [0, 0.05) is 18.2 Å². The number of rotatable bonds is 5. The van der Waals surface area contributed by atoms with Gasteiger partial charge < -0.3 is 20.6 Å². The second kappa shape index (κ2) is 6.18. The molecule has 0 radical (unpaired) electrons. The minimum Gasteiger partial charge on any atom is -0.508 e. The normalized spacial score (nSPS) is 18.1. The van der Waals surface area contributed by atoms with Crippen LogP contribution >= 0.6 is 0 Å². The van der Waals surface area contributed by atoms with E-state index >= 15 is 0 Å². The number of aliphatic hydroxyl groups is 2. The fourth-order valence-electron chi connectivity index (χ4n) is 2.47. The van der Waals surface area contributed by atoms with Gasteiger partial charge in [0.2, 0.25) is 0 Å². The summed E-state index contributed by atoms with van der Waals surface area (Å²) in [7, 11) is 0. The maximum Gasteiger partial charge on any atom is 0.121 e. The summed E-state index contributed by atoms with van der Waals surface area (Å²) in [5, 5.41) is 32.0. The summed E-state index contributed by atoms with van der Waals surface area (Å²) in [5.41, 5.74) is 1.18. The lowest BCUT2D eigenvalue weighted by molar-refractivity contribution is 0.169. The first kappa shape index (κ1) is 13.3. The number of nitrogens with one attached hydrogen (secondary N) is 1. The highest BCUT2D eigenvalue weighted by Crippen LogP contribution is 2.23. The van der Waals surface area contributed by atoms with Gasteiger partial charge in [-0.25, -0.2) is 0 Å². The van der Waals surface area contributed by atoms with Crippen LogP contribution in [0.3, 0.4) is 0 Å². The SMILES string of the molecule is OCc1cc([C@@H](O)CNC2CCCC2)ccc1O. The molecule has 0 heterocycles. The molecular weight excluding hydrogens is 230 g/mol. The molecule has 0 spiro atoms. The average molecular weight is 251 g/mol. The second-order valence-corrected chi connectivity index (χ2v) is 4.95. The summed E-state index contributed by atoms with van der Waals surface area (Å²) in [6, 6.07) is 5.37. The molecule has 1 saturated carbocycles. The van der Waals surface area contributed by atoms with E-state index < -0.39 is 6.10 Å². The van der Waals surface area contributed by atoms with Crippen LogP contribution in [-0.4, -0.2) is 27.9 Å². The van der Waals surface area contributed by atoms with Gasteiger partial charge in [-0.1, -0.05) is 18.9 Å². The van der Waals surface area contributed by atoms with Crippen molar-refractivity contribution < 1.29 is 15.3 Å². The van der Waals surface area contributed by atoms with E-state index in [9.17, 15) is 10.2 Å². The Hall–Kier alpha value is -1.10. The van der Waals surface area contributed by atoms with E-state index in [1.807, 2.05) is 0 Å². The van der Waals surface area contributed by atoms with Crippen LogP contribution in [0.2, 0.25) is 0 Å². The van der Waals surface area contributed by atoms with Crippen molar-refractivity contribution in [3.8, 4) is 5.75 Å². The van der Waals surface area contributed by atoms with Crippen molar-refractivity contribution in [2.24, 2.45) is 0 Å². The molecule has 1 aromatic carbocycles. The van der Waals surface area contributed by atoms with Gasteiger partial charge in [-0.15, -0.1) is 0 Å². The highest BCUT2D eigenvalue weighted by atomic mass is 16.3. The molecule has 1 aliphatic carbocycles. The maximum absolute atomic E-state index is 10.1. The Morgan fingerprint density at radius 2 is 2.00 bits per heavy atom. The van der Waals surface area contributed by atoms with Crippen LogP contribution in [0.4, 0.5) is 0 Å². The zero-order valence-electron chi connectivity index (χ0n) is 10.5. The van der Waals surface area contributed by atoms with Crippen molar-refractivity contribution in [2.75, 3.05) is 6.54 Å². The van der Waals surface area contributed by atoms with E-state index in [1.54, 1.807) is 12.1 Å². The first-order valence-electron chi connectivity index (χ1n) is 6.55. The molecule has 1 fully saturated rings. The molecule has 0 amide bonds. The third-order valence-electron chi connectivity index (χ3n) is 3.61. The molecule has 100 valence electrons. The fraction of sp³-hybridized carbons (Fsp3) is 0.571. The van der Waals surface area contributed by atoms with Crippen molar-refractivity contribution >= 4 is 0 Å². The molecule has 2 rings (SSSR count). The molecule has 0 unspecified atom stereocenters. The molecular formula is C14H21NO3. The topological polar surface area (TPSA) is 72.7 Å². The summed E-state index contributed by atoms with van der Waals surface area (Å²) in [6.45, 7) is 0.294. The van der Waals surface area contributed by atoms with E-state index in [2.05, 4.69) is 5.32 Å². The van der Waals surface area contributed by atoms with Crippen molar-refractivity contribution in [1.82, 2.24) is 5.32 Å². The van der Waals surface area contributed by atoms with Crippen LogP contribution in [0.15, 0.2) is 18.2 Å². The van der Waals surface area contributed by atoms with Gasteiger partial charge in [0.05, 0.1) is 12.7 Å². The predicted molar refractivity (Wildman–Crippen MR) is 69.2 cm³/mol. The molecule has 18 heavy (non-hydrogen) atoms. The van der Waals surface area contributed by atoms with Gasteiger partial charge in [-0.3, -0.25) is 0 Å². The van der Waals surface area contributed by atoms with Crippen LogP contribution in [0.5, 0.6) is 5.75 Å². The van der Waals surface area contributed by atoms with Crippen LogP contribution < -0.4 is 5.32 Å². The smallest absolute Gasteiger partial charge is 0.121 e. The third-order valence-corrected chi connectivity index (χ3v) is 3.61. The Morgan fingerprint density at radius 1 is 1.28 bits per heavy atom. The summed E-state index contributed by atoms with van der Waals surface area (Å²) in [6.07, 6.45) is 4.30. The van der Waals surface area contributed by atoms with E-state index in [0.717, 1.165) is 5.56 Å². The summed E-state index contributed by atoms with van der Waals surface area (Å²) in [5.74, 6) is 0.0669. The molecule has 0 bridgehead atoms. The van der Waals surface area contributed by atoms with Crippen LogP contribution in [0.25, 0.3) is 0 Å². The minimum atomic E-state index is -0.600. The number of phenols is 1. The lowest BCUT2D eigenvalue weighted by Crippen LogP contribution is -2.30. The van der Waals surface area contributed by atoms with Crippen LogP contribution in [0, 0.1) is 0 Å². The maximum atomic E-state index is 10.1. The second-order valence-electron chi connectivity index (χ2n) is 4.95. The van der Waals surface area contributed by atoms with Gasteiger partial charge in [0.15, 0.2) is 0 Å². The van der Waals surface area contributed by atoms with Gasteiger partial charge in [0.25, 0.3) is 0 Å². The molecule has 0 aliphatic heterocycles. The summed E-state index contributed by atoms with van der Waals surface area (Å²) < 4.78 is 0. The number of aromatic hydroxyl groups is 1. The molecule has 1 aromatic rings. The Kier molecular flexibility index (Phi) is 4.58. The molecule has 4 N–H and O–H groups in total. The Bertz CT molecular complexity index is 389. The summed E-state index contributed by atoms with van der Waals surface area (Å²) >= 11 is 0. The van der Waals surface area contributed by atoms with Gasteiger partial charge in [-0.2, -0.15) is 0 Å². The Morgan fingerprint density at radius 3 is 2.67 bits per heavy atom. The molecule has 4 heteroatoms. The largest absolute Gasteiger partial charge is 0.508 e. The van der Waals surface area contributed by atoms with E-state index in [1.165, 1.54) is 31.7 Å². The van der Waals surface area contributed by atoms with Crippen molar-refractivity contribution in [3.05, 3.63) is 29.3 Å². The van der Waals surface area contributed by atoms with E-state index in [4.69, 9.17) is 5.11 Å². The molecule has 0 saturated heterocycles. The Labute approximate surface area is 107 Å². The van der Waals surface area contributed by atoms with Crippen LogP contribution in [0.1, 0.15) is 42.9 Å². The number of benzene rings is 1. The third kappa shape index (κ3) is 3.22. The minimum absolute atomic E-state index is 0.0669. The summed E-state index contributed by atoms with van der Waals surface area (Å²) in [4.78, 5) is 0. The highest BCUT2D eigenvalue weighted by molar-refractivity contribution is 5.36. The molecule has 4 nitrogen and oxygen atoms in total. The monoisotopic (exact) mass is 251 g/mol. The molecule has 1 atom stereocenters. The zero-order chi connectivity index (χ0) is 13.0. The van der Waals surface area contributed by atoms with Gasteiger partial charge in [-0.05, 0) is 30.5 Å². The quantitative estimate of drug-likeness (QED) is 0.639. The zero-order valence-corrected chi connectivity index (χ0v) is 10.5. The van der Waals surface area contributed by atoms with Crippen molar-refractivity contribution in [2.45, 2.75) is 44.4 Å². The molecule has 0 aromatic heterocycles. The standard InChI is InChI=1S/C14H21NO3/c16-9-11-7-10(5-6-13(11)17)14(18)8-15-12-3-1-2-4-12/h5-7,12,14-18H,1-4,8-9H2/t14-/m0/s1. The number of hydrogen-bond donors (Lipinski definition) is 4. The lowest BCUT2D eigenvalue weighted by Gasteiger charge is -2.17. The lowest BCUT2D eigenvalue weighted by atomic mass is 10.0. The van der Waals surface area contributed by atoms with E-state index in [0.29, 0.717) is 18.2 Å². The van der Waals surface area contributed by atoms with Crippen LogP contribution in [-0.2, 0) is 6.61 Å². The Balaban J connectivity index is 1.93. The van der Waals surface area contributed by atoms with Crippen molar-refractivity contribution in [1.29, 1.82) is 0 Å².